The van der Waals surface area contributed by atoms with E-state index in [9.17, 15) is 24.3 Å². The molecular weight excluding hydrogens is 390 g/mol. The molecule has 0 aliphatic rings. The molecule has 3 amide bonds. The van der Waals surface area contributed by atoms with Crippen molar-refractivity contribution in [3.63, 3.8) is 0 Å². The van der Waals surface area contributed by atoms with E-state index in [4.69, 9.17) is 26.8 Å². The van der Waals surface area contributed by atoms with Crippen LogP contribution in [0.4, 0.5) is 0 Å². The van der Waals surface area contributed by atoms with E-state index >= 15 is 0 Å². The molecule has 0 heterocycles. The van der Waals surface area contributed by atoms with Crippen molar-refractivity contribution < 1.29 is 39.6 Å². The Morgan fingerprint density at radius 3 is 1.93 bits per heavy atom. The number of aliphatic carboxylic acids is 1. The number of rotatable bonds is 14. The van der Waals surface area contributed by atoms with E-state index in [1.165, 1.54) is 6.92 Å². The molecule has 0 aromatic heterocycles. The number of carbonyl (C=O) groups excluding carboxylic acids is 3. The van der Waals surface area contributed by atoms with Crippen LogP contribution in [0.3, 0.4) is 0 Å². The Labute approximate surface area is 167 Å². The lowest BCUT2D eigenvalue weighted by atomic mass is 10.1. The summed E-state index contributed by atoms with van der Waals surface area (Å²) in [5.41, 5.74) is 10.8. The zero-order valence-electron chi connectivity index (χ0n) is 16.2. The smallest absolute Gasteiger partial charge is 0.328 e. The Morgan fingerprint density at radius 1 is 0.897 bits per heavy atom. The van der Waals surface area contributed by atoms with E-state index in [1.54, 1.807) is 0 Å². The standard InChI is InChI=1S/C16H31N5O8/c1-8(24)12(21-13(25)9(18)6-22)15(27)19-10(4-2-3-5-17)14(26)20-11(7-23)16(28)29/h8-12,22-24H,2-7,17-18H2,1H3,(H,19,27)(H,20,26)(H,21,25)(H,28,29). The first-order chi connectivity index (χ1) is 13.6. The number of unbranched alkanes of at least 4 members (excludes halogenated alkanes) is 1. The molecule has 0 saturated carbocycles. The zero-order chi connectivity index (χ0) is 22.6. The van der Waals surface area contributed by atoms with Gasteiger partial charge in [0.25, 0.3) is 0 Å². The first-order valence-electron chi connectivity index (χ1n) is 9.08. The molecule has 0 rings (SSSR count). The molecule has 0 radical (unpaired) electrons. The highest BCUT2D eigenvalue weighted by atomic mass is 16.4. The molecule has 0 fully saturated rings. The molecule has 0 aliphatic heterocycles. The highest BCUT2D eigenvalue weighted by molar-refractivity contribution is 5.94. The van der Waals surface area contributed by atoms with E-state index < -0.39 is 67.2 Å². The van der Waals surface area contributed by atoms with Gasteiger partial charge in [0.15, 0.2) is 0 Å². The SMILES string of the molecule is CC(O)C(NC(=O)C(N)CO)C(=O)NC(CCCCN)C(=O)NC(CO)C(=O)O. The van der Waals surface area contributed by atoms with Crippen molar-refractivity contribution in [3.05, 3.63) is 0 Å². The fraction of sp³-hybridized carbons (Fsp3) is 0.750. The summed E-state index contributed by atoms with van der Waals surface area (Å²) in [6.45, 7) is 0.0323. The molecule has 13 heteroatoms. The van der Waals surface area contributed by atoms with Crippen LogP contribution in [0.5, 0.6) is 0 Å². The number of carboxylic acids is 1. The number of aliphatic hydroxyl groups is 3. The van der Waals surface area contributed by atoms with Gasteiger partial charge in [0.2, 0.25) is 17.7 Å². The van der Waals surface area contributed by atoms with E-state index in [2.05, 4.69) is 16.0 Å². The van der Waals surface area contributed by atoms with Crippen molar-refractivity contribution in [3.8, 4) is 0 Å². The Balaban J connectivity index is 5.29. The van der Waals surface area contributed by atoms with Gasteiger partial charge in [0, 0.05) is 0 Å². The first kappa shape index (κ1) is 26.7. The van der Waals surface area contributed by atoms with Gasteiger partial charge >= 0.3 is 5.97 Å². The van der Waals surface area contributed by atoms with Crippen LogP contribution >= 0.6 is 0 Å². The van der Waals surface area contributed by atoms with Crippen molar-refractivity contribution >= 4 is 23.7 Å². The maximum atomic E-state index is 12.5. The molecule has 0 aliphatic carbocycles. The molecule has 0 bridgehead atoms. The lowest BCUT2D eigenvalue weighted by Crippen LogP contribution is -2.60. The molecule has 29 heavy (non-hydrogen) atoms. The average Bonchev–Trinajstić information content (AvgIpc) is 2.67. The maximum absolute atomic E-state index is 12.5. The minimum atomic E-state index is -1.56. The van der Waals surface area contributed by atoms with Gasteiger partial charge < -0.3 is 47.8 Å². The van der Waals surface area contributed by atoms with Crippen molar-refractivity contribution in [2.45, 2.75) is 56.5 Å². The minimum Gasteiger partial charge on any atom is -0.480 e. The Morgan fingerprint density at radius 2 is 1.48 bits per heavy atom. The maximum Gasteiger partial charge on any atom is 0.328 e. The van der Waals surface area contributed by atoms with Gasteiger partial charge in [0.1, 0.15) is 24.2 Å². The van der Waals surface area contributed by atoms with Gasteiger partial charge in [0.05, 0.1) is 19.3 Å². The zero-order valence-corrected chi connectivity index (χ0v) is 16.2. The number of aliphatic hydroxyl groups excluding tert-OH is 3. The number of amides is 3. The normalized spacial score (nSPS) is 16.1. The lowest BCUT2D eigenvalue weighted by Gasteiger charge is -2.26. The highest BCUT2D eigenvalue weighted by Gasteiger charge is 2.32. The molecule has 168 valence electrons. The second-order valence-corrected chi connectivity index (χ2v) is 6.44. The van der Waals surface area contributed by atoms with Crippen LogP contribution in [-0.2, 0) is 19.2 Å². The number of carboxylic acid groups (broad SMARTS) is 1. The summed E-state index contributed by atoms with van der Waals surface area (Å²) in [6.07, 6.45) is -0.304. The molecule has 5 atom stereocenters. The number of nitrogens with one attached hydrogen (secondary N) is 3. The molecule has 0 spiro atoms. The van der Waals surface area contributed by atoms with Crippen molar-refractivity contribution in [1.29, 1.82) is 0 Å². The Hall–Kier alpha value is -2.32. The van der Waals surface area contributed by atoms with Crippen LogP contribution in [0.2, 0.25) is 0 Å². The summed E-state index contributed by atoms with van der Waals surface area (Å²) in [4.78, 5) is 47.7. The van der Waals surface area contributed by atoms with Gasteiger partial charge in [-0.15, -0.1) is 0 Å². The topological polar surface area (TPSA) is 237 Å². The molecule has 13 nitrogen and oxygen atoms in total. The van der Waals surface area contributed by atoms with E-state index in [0.29, 0.717) is 19.4 Å². The third kappa shape index (κ3) is 9.62. The van der Waals surface area contributed by atoms with Crippen LogP contribution in [0.25, 0.3) is 0 Å². The minimum absolute atomic E-state index is 0.100. The van der Waals surface area contributed by atoms with Gasteiger partial charge in [-0.25, -0.2) is 4.79 Å². The number of nitrogens with two attached hydrogens (primary N) is 2. The summed E-state index contributed by atoms with van der Waals surface area (Å²) >= 11 is 0. The van der Waals surface area contributed by atoms with Crippen LogP contribution in [0.15, 0.2) is 0 Å². The van der Waals surface area contributed by atoms with Gasteiger partial charge in [-0.3, -0.25) is 14.4 Å². The largest absolute Gasteiger partial charge is 0.480 e. The van der Waals surface area contributed by atoms with Crippen LogP contribution in [-0.4, -0.2) is 94.1 Å². The quantitative estimate of drug-likeness (QED) is 0.121. The van der Waals surface area contributed by atoms with Gasteiger partial charge in [-0.05, 0) is 32.7 Å². The van der Waals surface area contributed by atoms with Gasteiger partial charge in [-0.1, -0.05) is 0 Å². The Bertz CT molecular complexity index is 559. The summed E-state index contributed by atoms with van der Waals surface area (Å²) in [5.74, 6) is -4.12. The second-order valence-electron chi connectivity index (χ2n) is 6.44. The molecule has 0 aromatic rings. The molecule has 11 N–H and O–H groups in total. The van der Waals surface area contributed by atoms with E-state index in [-0.39, 0.29) is 6.42 Å². The monoisotopic (exact) mass is 421 g/mol. The summed E-state index contributed by atoms with van der Waals surface area (Å²) in [7, 11) is 0. The van der Waals surface area contributed by atoms with Crippen molar-refractivity contribution in [2.24, 2.45) is 11.5 Å². The van der Waals surface area contributed by atoms with Crippen LogP contribution < -0.4 is 27.4 Å². The van der Waals surface area contributed by atoms with E-state index in [1.807, 2.05) is 0 Å². The number of hydrogen-bond donors (Lipinski definition) is 9. The fourth-order valence-corrected chi connectivity index (χ4v) is 2.23. The average molecular weight is 421 g/mol. The van der Waals surface area contributed by atoms with Crippen LogP contribution in [0.1, 0.15) is 26.2 Å². The third-order valence-electron chi connectivity index (χ3n) is 3.97. The predicted molar refractivity (Wildman–Crippen MR) is 100 cm³/mol. The summed E-state index contributed by atoms with van der Waals surface area (Å²) in [6, 6.07) is -5.55. The molecule has 0 aromatic carbocycles. The third-order valence-corrected chi connectivity index (χ3v) is 3.97. The number of carbonyl (C=O) groups is 4. The summed E-state index contributed by atoms with van der Waals surface area (Å²) < 4.78 is 0. The lowest BCUT2D eigenvalue weighted by molar-refractivity contribution is -0.143. The highest BCUT2D eigenvalue weighted by Crippen LogP contribution is 2.04. The Kier molecular flexibility index (Phi) is 12.7. The molecule has 5 unspecified atom stereocenters. The van der Waals surface area contributed by atoms with E-state index in [0.717, 1.165) is 0 Å². The van der Waals surface area contributed by atoms with Crippen LogP contribution in [0, 0.1) is 0 Å². The summed E-state index contributed by atoms with van der Waals surface area (Å²) in [5, 5.41) is 43.3. The van der Waals surface area contributed by atoms with Crippen molar-refractivity contribution in [2.75, 3.05) is 19.8 Å². The van der Waals surface area contributed by atoms with Crippen molar-refractivity contribution in [1.82, 2.24) is 16.0 Å². The first-order valence-corrected chi connectivity index (χ1v) is 9.08. The molecule has 0 saturated heterocycles. The predicted octanol–water partition coefficient (Wildman–Crippen LogP) is -4.65. The fourth-order valence-electron chi connectivity index (χ4n) is 2.23. The second kappa shape index (κ2) is 13.8. The number of hydrogen-bond acceptors (Lipinski definition) is 9. The van der Waals surface area contributed by atoms with Gasteiger partial charge in [-0.2, -0.15) is 0 Å². The molecular formula is C16H31N5O8.